The molecule has 0 atom stereocenters. The summed E-state index contributed by atoms with van der Waals surface area (Å²) in [5.41, 5.74) is 0.343. The molecular weight excluding hydrogens is 466 g/mol. The summed E-state index contributed by atoms with van der Waals surface area (Å²) >= 11 is 17.8. The lowest BCUT2D eigenvalue weighted by atomic mass is 10.2. The zero-order valence-electron chi connectivity index (χ0n) is 14.7. The van der Waals surface area contributed by atoms with E-state index in [1.165, 1.54) is 28.9 Å². The predicted octanol–water partition coefficient (Wildman–Crippen LogP) is 4.05. The molecule has 0 fully saturated rings. The lowest BCUT2D eigenvalue weighted by Crippen LogP contribution is -2.31. The van der Waals surface area contributed by atoms with Crippen molar-refractivity contribution in [2.45, 2.75) is 18.2 Å². The van der Waals surface area contributed by atoms with Gasteiger partial charge in [0.25, 0.3) is 15.9 Å². The van der Waals surface area contributed by atoms with Crippen LogP contribution in [0, 0.1) is 5.82 Å². The summed E-state index contributed by atoms with van der Waals surface area (Å²) in [5, 5.41) is 7.71. The van der Waals surface area contributed by atoms with Crippen molar-refractivity contribution in [3.8, 4) is 5.69 Å². The Balaban J connectivity index is 1.98. The van der Waals surface area contributed by atoms with Crippen LogP contribution in [0.1, 0.15) is 23.1 Å². The van der Waals surface area contributed by atoms with Gasteiger partial charge in [-0.15, -0.1) is 5.10 Å². The molecule has 1 N–H and O–H groups in total. The molecule has 3 aromatic rings. The molecule has 0 aliphatic rings. The van der Waals surface area contributed by atoms with E-state index in [4.69, 9.17) is 34.8 Å². The smallest absolute Gasteiger partial charge is 0.266 e. The number of nitrogens with one attached hydrogen (secondary N) is 1. The standard InChI is InChI=1S/C17H12Cl3FN4O3S/c1-2-13-16(22-24-25(13)14-6-4-10(21)8-12(14)20)17(26)23-29(27,28)15-7-9(18)3-5-11(15)19/h3-8H,2H2,1H3,(H,23,26). The van der Waals surface area contributed by atoms with E-state index < -0.39 is 21.7 Å². The number of benzene rings is 2. The lowest BCUT2D eigenvalue weighted by Gasteiger charge is -2.10. The first-order chi connectivity index (χ1) is 13.6. The number of hydrogen-bond donors (Lipinski definition) is 1. The second kappa shape index (κ2) is 8.27. The molecule has 0 saturated heterocycles. The maximum atomic E-state index is 13.3. The molecule has 29 heavy (non-hydrogen) atoms. The molecule has 1 heterocycles. The first kappa shape index (κ1) is 21.5. The van der Waals surface area contributed by atoms with Crippen LogP contribution < -0.4 is 4.72 Å². The van der Waals surface area contributed by atoms with Crippen molar-refractivity contribution in [2.75, 3.05) is 0 Å². The summed E-state index contributed by atoms with van der Waals surface area (Å²) in [6, 6.07) is 7.47. The summed E-state index contributed by atoms with van der Waals surface area (Å²) < 4.78 is 41.6. The van der Waals surface area contributed by atoms with E-state index in [1.807, 2.05) is 4.72 Å². The molecule has 2 aromatic carbocycles. The third-order valence-corrected chi connectivity index (χ3v) is 6.21. The van der Waals surface area contributed by atoms with Crippen LogP contribution in [-0.4, -0.2) is 29.3 Å². The highest BCUT2D eigenvalue weighted by atomic mass is 35.5. The van der Waals surface area contributed by atoms with Crippen molar-refractivity contribution < 1.29 is 17.6 Å². The minimum Gasteiger partial charge on any atom is -0.266 e. The first-order valence-electron chi connectivity index (χ1n) is 8.06. The van der Waals surface area contributed by atoms with Crippen molar-refractivity contribution in [1.29, 1.82) is 0 Å². The van der Waals surface area contributed by atoms with E-state index in [1.54, 1.807) is 6.92 Å². The zero-order chi connectivity index (χ0) is 21.3. The van der Waals surface area contributed by atoms with Gasteiger partial charge in [-0.1, -0.05) is 46.9 Å². The van der Waals surface area contributed by atoms with Crippen LogP contribution in [0.3, 0.4) is 0 Å². The number of carbonyl (C=O) groups excluding carboxylic acids is 1. The number of amides is 1. The monoisotopic (exact) mass is 476 g/mol. The molecule has 0 saturated carbocycles. The van der Waals surface area contributed by atoms with Crippen LogP contribution in [0.15, 0.2) is 41.3 Å². The number of carbonyl (C=O) groups is 1. The highest BCUT2D eigenvalue weighted by molar-refractivity contribution is 7.90. The van der Waals surface area contributed by atoms with Gasteiger partial charge in [0.1, 0.15) is 10.7 Å². The minimum atomic E-state index is -4.32. The highest BCUT2D eigenvalue weighted by Gasteiger charge is 2.27. The Labute approximate surface area is 180 Å². The Morgan fingerprint density at radius 2 is 1.86 bits per heavy atom. The molecule has 1 amide bonds. The largest absolute Gasteiger partial charge is 0.287 e. The van der Waals surface area contributed by atoms with Gasteiger partial charge in [-0.05, 0) is 42.8 Å². The molecule has 0 aliphatic carbocycles. The summed E-state index contributed by atoms with van der Waals surface area (Å²) in [6.45, 7) is 1.71. The van der Waals surface area contributed by atoms with E-state index in [0.717, 1.165) is 12.1 Å². The molecule has 0 radical (unpaired) electrons. The fourth-order valence-electron chi connectivity index (χ4n) is 2.55. The second-order valence-corrected chi connectivity index (χ2v) is 8.66. The van der Waals surface area contributed by atoms with Crippen LogP contribution in [-0.2, 0) is 16.4 Å². The molecule has 0 spiro atoms. The molecule has 0 unspecified atom stereocenters. The summed E-state index contributed by atoms with van der Waals surface area (Å²) in [6.07, 6.45) is 0.265. The van der Waals surface area contributed by atoms with Crippen LogP contribution in [0.2, 0.25) is 15.1 Å². The number of rotatable bonds is 5. The summed E-state index contributed by atoms with van der Waals surface area (Å²) in [5.74, 6) is -1.55. The van der Waals surface area contributed by atoms with E-state index in [2.05, 4.69) is 10.3 Å². The van der Waals surface area contributed by atoms with Crippen LogP contribution >= 0.6 is 34.8 Å². The maximum absolute atomic E-state index is 13.3. The molecule has 7 nitrogen and oxygen atoms in total. The van der Waals surface area contributed by atoms with Gasteiger partial charge in [0.15, 0.2) is 5.69 Å². The van der Waals surface area contributed by atoms with Gasteiger partial charge in [-0.3, -0.25) is 4.79 Å². The van der Waals surface area contributed by atoms with Crippen molar-refractivity contribution in [2.24, 2.45) is 0 Å². The number of aromatic nitrogens is 3. The molecule has 0 aliphatic heterocycles. The lowest BCUT2D eigenvalue weighted by molar-refractivity contribution is 0.0975. The number of halogens is 4. The molecule has 3 rings (SSSR count). The average Bonchev–Trinajstić information content (AvgIpc) is 3.07. The number of sulfonamides is 1. The second-order valence-electron chi connectivity index (χ2n) is 5.76. The van der Waals surface area contributed by atoms with Crippen LogP contribution in [0.4, 0.5) is 4.39 Å². The molecule has 1 aromatic heterocycles. The summed E-state index contributed by atoms with van der Waals surface area (Å²) in [7, 11) is -4.32. The molecule has 0 bridgehead atoms. The van der Waals surface area contributed by atoms with Gasteiger partial charge >= 0.3 is 0 Å². The Bertz CT molecular complexity index is 1210. The quantitative estimate of drug-likeness (QED) is 0.598. The van der Waals surface area contributed by atoms with Crippen molar-refractivity contribution in [3.63, 3.8) is 0 Å². The van der Waals surface area contributed by atoms with Crippen molar-refractivity contribution in [1.82, 2.24) is 19.7 Å². The van der Waals surface area contributed by atoms with Gasteiger partial charge in [0, 0.05) is 5.02 Å². The van der Waals surface area contributed by atoms with Gasteiger partial charge < -0.3 is 0 Å². The van der Waals surface area contributed by atoms with E-state index >= 15 is 0 Å². The summed E-state index contributed by atoms with van der Waals surface area (Å²) in [4.78, 5) is 12.3. The normalized spacial score (nSPS) is 11.5. The molecular formula is C17H12Cl3FN4O3S. The topological polar surface area (TPSA) is 93.9 Å². The van der Waals surface area contributed by atoms with E-state index in [0.29, 0.717) is 0 Å². The Morgan fingerprint density at radius 1 is 1.14 bits per heavy atom. The van der Waals surface area contributed by atoms with Crippen LogP contribution in [0.25, 0.3) is 5.69 Å². The average molecular weight is 478 g/mol. The number of hydrogen-bond acceptors (Lipinski definition) is 5. The Morgan fingerprint density at radius 3 is 2.52 bits per heavy atom. The zero-order valence-corrected chi connectivity index (χ0v) is 17.7. The number of nitrogens with zero attached hydrogens (tertiary/aromatic N) is 3. The van der Waals surface area contributed by atoms with Crippen molar-refractivity contribution in [3.05, 3.63) is 68.7 Å². The van der Waals surface area contributed by atoms with Crippen molar-refractivity contribution >= 4 is 50.7 Å². The molecule has 12 heteroatoms. The van der Waals surface area contributed by atoms with Gasteiger partial charge in [0.05, 0.1) is 21.4 Å². The fraction of sp³-hybridized carbons (Fsp3) is 0.118. The SMILES string of the molecule is CCc1c(C(=O)NS(=O)(=O)c2cc(Cl)ccc2Cl)nnn1-c1ccc(F)cc1Cl. The highest BCUT2D eigenvalue weighted by Crippen LogP contribution is 2.26. The van der Waals surface area contributed by atoms with E-state index in [-0.39, 0.29) is 43.5 Å². The van der Waals surface area contributed by atoms with E-state index in [9.17, 15) is 17.6 Å². The molecule has 152 valence electrons. The fourth-order valence-corrected chi connectivity index (χ4v) is 4.51. The van der Waals surface area contributed by atoms with Crippen LogP contribution in [0.5, 0.6) is 0 Å². The maximum Gasteiger partial charge on any atom is 0.287 e. The third-order valence-electron chi connectivity index (χ3n) is 3.86. The third kappa shape index (κ3) is 4.37. The van der Waals surface area contributed by atoms with Gasteiger partial charge in [-0.2, -0.15) is 0 Å². The Kier molecular flexibility index (Phi) is 6.13. The van der Waals surface area contributed by atoms with Gasteiger partial charge in [-0.25, -0.2) is 22.2 Å². The first-order valence-corrected chi connectivity index (χ1v) is 10.7. The predicted molar refractivity (Wildman–Crippen MR) is 107 cm³/mol. The van der Waals surface area contributed by atoms with Gasteiger partial charge in [0.2, 0.25) is 0 Å². The minimum absolute atomic E-state index is 0.0508. The Hall–Kier alpha value is -2.20.